The maximum atomic E-state index is 12.4. The SMILES string of the molecule is COc1cnc(C#N)c(O)c1C(F)F. The summed E-state index contributed by atoms with van der Waals surface area (Å²) in [6, 6.07) is 1.49. The zero-order valence-electron chi connectivity index (χ0n) is 7.16. The molecular formula is C8H6F2N2O2. The van der Waals surface area contributed by atoms with Gasteiger partial charge in [-0.2, -0.15) is 5.26 Å². The van der Waals surface area contributed by atoms with E-state index in [0.29, 0.717) is 0 Å². The first-order valence-electron chi connectivity index (χ1n) is 3.56. The second-order valence-corrected chi connectivity index (χ2v) is 2.35. The number of aromatic hydroxyl groups is 1. The van der Waals surface area contributed by atoms with Gasteiger partial charge in [-0.05, 0) is 0 Å². The Balaban J connectivity index is 3.41. The Labute approximate surface area is 78.4 Å². The summed E-state index contributed by atoms with van der Waals surface area (Å²) in [5.74, 6) is -1.07. The number of hydrogen-bond acceptors (Lipinski definition) is 4. The Morgan fingerprint density at radius 2 is 2.29 bits per heavy atom. The van der Waals surface area contributed by atoms with Crippen molar-refractivity contribution in [2.24, 2.45) is 0 Å². The van der Waals surface area contributed by atoms with Gasteiger partial charge in [0.25, 0.3) is 6.43 Å². The van der Waals surface area contributed by atoms with Crippen LogP contribution >= 0.6 is 0 Å². The van der Waals surface area contributed by atoms with E-state index in [1.165, 1.54) is 13.2 Å². The molecule has 0 spiro atoms. The fraction of sp³-hybridized carbons (Fsp3) is 0.250. The first kappa shape index (κ1) is 10.2. The van der Waals surface area contributed by atoms with Gasteiger partial charge in [-0.1, -0.05) is 0 Å². The number of pyridine rings is 1. The third-order valence-corrected chi connectivity index (χ3v) is 1.60. The molecule has 0 amide bonds. The summed E-state index contributed by atoms with van der Waals surface area (Å²) in [7, 11) is 1.17. The number of hydrogen-bond donors (Lipinski definition) is 1. The number of nitrogens with zero attached hydrogens (tertiary/aromatic N) is 2. The number of aromatic nitrogens is 1. The predicted molar refractivity (Wildman–Crippen MR) is 42.1 cm³/mol. The molecule has 0 aliphatic heterocycles. The lowest BCUT2D eigenvalue weighted by molar-refractivity contribution is 0.142. The molecule has 0 atom stereocenters. The Morgan fingerprint density at radius 3 is 2.71 bits per heavy atom. The normalized spacial score (nSPS) is 9.93. The van der Waals surface area contributed by atoms with Gasteiger partial charge >= 0.3 is 0 Å². The summed E-state index contributed by atoms with van der Waals surface area (Å²) in [6.07, 6.45) is -1.94. The van der Waals surface area contributed by atoms with Crippen molar-refractivity contribution in [1.29, 1.82) is 5.26 Å². The molecular weight excluding hydrogens is 194 g/mol. The second-order valence-electron chi connectivity index (χ2n) is 2.35. The highest BCUT2D eigenvalue weighted by molar-refractivity contribution is 5.50. The van der Waals surface area contributed by atoms with Gasteiger partial charge in [0, 0.05) is 0 Å². The molecule has 0 saturated carbocycles. The van der Waals surface area contributed by atoms with E-state index in [0.717, 1.165) is 6.20 Å². The lowest BCUT2D eigenvalue weighted by Gasteiger charge is -2.09. The van der Waals surface area contributed by atoms with E-state index in [1.807, 2.05) is 0 Å². The average Bonchev–Trinajstić information content (AvgIpc) is 2.16. The van der Waals surface area contributed by atoms with Crippen LogP contribution in [0.15, 0.2) is 6.20 Å². The molecule has 0 bridgehead atoms. The maximum absolute atomic E-state index is 12.4. The number of ether oxygens (including phenoxy) is 1. The fourth-order valence-corrected chi connectivity index (χ4v) is 0.953. The molecule has 0 fully saturated rings. The topological polar surface area (TPSA) is 66.1 Å². The summed E-state index contributed by atoms with van der Waals surface area (Å²) in [4.78, 5) is 3.44. The van der Waals surface area contributed by atoms with Crippen molar-refractivity contribution in [2.75, 3.05) is 7.11 Å². The highest BCUT2D eigenvalue weighted by atomic mass is 19.3. The first-order valence-corrected chi connectivity index (χ1v) is 3.56. The van der Waals surface area contributed by atoms with Crippen molar-refractivity contribution in [3.63, 3.8) is 0 Å². The third-order valence-electron chi connectivity index (χ3n) is 1.60. The summed E-state index contributed by atoms with van der Waals surface area (Å²) in [5, 5.41) is 17.7. The molecule has 0 aliphatic rings. The Morgan fingerprint density at radius 1 is 1.64 bits per heavy atom. The summed E-state index contributed by atoms with van der Waals surface area (Å²) in [5.41, 5.74) is -1.15. The molecule has 0 unspecified atom stereocenters. The number of halogens is 2. The van der Waals surface area contributed by atoms with Gasteiger partial charge in [-0.25, -0.2) is 13.8 Å². The van der Waals surface area contributed by atoms with Gasteiger partial charge in [-0.15, -0.1) is 0 Å². The van der Waals surface area contributed by atoms with Crippen LogP contribution in [0.1, 0.15) is 17.7 Å². The van der Waals surface area contributed by atoms with Gasteiger partial charge < -0.3 is 9.84 Å². The van der Waals surface area contributed by atoms with Crippen LogP contribution in [-0.4, -0.2) is 17.2 Å². The van der Waals surface area contributed by atoms with Gasteiger partial charge in [0.2, 0.25) is 0 Å². The molecule has 1 heterocycles. The van der Waals surface area contributed by atoms with Crippen LogP contribution in [0.5, 0.6) is 11.5 Å². The molecule has 4 nitrogen and oxygen atoms in total. The van der Waals surface area contributed by atoms with Gasteiger partial charge in [0.1, 0.15) is 17.4 Å². The minimum atomic E-state index is -2.92. The maximum Gasteiger partial charge on any atom is 0.271 e. The molecule has 14 heavy (non-hydrogen) atoms. The third kappa shape index (κ3) is 1.57. The Bertz CT molecular complexity index is 388. The Hall–Kier alpha value is -1.90. The van der Waals surface area contributed by atoms with E-state index >= 15 is 0 Å². The Kier molecular flexibility index (Phi) is 2.82. The zero-order valence-corrected chi connectivity index (χ0v) is 7.16. The average molecular weight is 200 g/mol. The fourth-order valence-electron chi connectivity index (χ4n) is 0.953. The monoisotopic (exact) mass is 200 g/mol. The van der Waals surface area contributed by atoms with E-state index in [2.05, 4.69) is 9.72 Å². The number of methoxy groups -OCH3 is 1. The minimum Gasteiger partial charge on any atom is -0.504 e. The molecule has 1 N–H and O–H groups in total. The predicted octanol–water partition coefficient (Wildman–Crippen LogP) is 1.61. The van der Waals surface area contributed by atoms with Crippen molar-refractivity contribution >= 4 is 0 Å². The van der Waals surface area contributed by atoms with Crippen molar-refractivity contribution < 1.29 is 18.6 Å². The molecule has 0 radical (unpaired) electrons. The lowest BCUT2D eigenvalue weighted by Crippen LogP contribution is -1.97. The van der Waals surface area contributed by atoms with Crippen LogP contribution in [0.25, 0.3) is 0 Å². The zero-order chi connectivity index (χ0) is 10.7. The molecule has 6 heteroatoms. The molecule has 1 aromatic heterocycles. The van der Waals surface area contributed by atoms with Gasteiger partial charge in [-0.3, -0.25) is 0 Å². The van der Waals surface area contributed by atoms with E-state index in [-0.39, 0.29) is 5.75 Å². The molecule has 74 valence electrons. The minimum absolute atomic E-state index is 0.239. The van der Waals surface area contributed by atoms with E-state index in [9.17, 15) is 13.9 Å². The number of nitriles is 1. The number of rotatable bonds is 2. The van der Waals surface area contributed by atoms with Crippen molar-refractivity contribution in [2.45, 2.75) is 6.43 Å². The quantitative estimate of drug-likeness (QED) is 0.787. The van der Waals surface area contributed by atoms with Gasteiger partial charge in [0.15, 0.2) is 11.4 Å². The van der Waals surface area contributed by atoms with Crippen LogP contribution < -0.4 is 4.74 Å². The molecule has 0 aromatic carbocycles. The molecule has 0 saturated heterocycles. The smallest absolute Gasteiger partial charge is 0.271 e. The highest BCUT2D eigenvalue weighted by Gasteiger charge is 2.22. The van der Waals surface area contributed by atoms with E-state index in [1.54, 1.807) is 0 Å². The molecule has 1 aromatic rings. The number of alkyl halides is 2. The largest absolute Gasteiger partial charge is 0.504 e. The van der Waals surface area contributed by atoms with Crippen molar-refractivity contribution in [3.8, 4) is 17.6 Å². The van der Waals surface area contributed by atoms with Crippen LogP contribution in [0, 0.1) is 11.3 Å². The van der Waals surface area contributed by atoms with Crippen LogP contribution in [0.2, 0.25) is 0 Å². The molecule has 0 aliphatic carbocycles. The summed E-state index contributed by atoms with van der Waals surface area (Å²) in [6.45, 7) is 0. The van der Waals surface area contributed by atoms with Crippen LogP contribution in [0.4, 0.5) is 8.78 Å². The molecule has 1 rings (SSSR count). The van der Waals surface area contributed by atoms with E-state index < -0.39 is 23.4 Å². The van der Waals surface area contributed by atoms with Crippen molar-refractivity contribution in [1.82, 2.24) is 4.98 Å². The summed E-state index contributed by atoms with van der Waals surface area (Å²) >= 11 is 0. The summed E-state index contributed by atoms with van der Waals surface area (Å²) < 4.78 is 29.4. The lowest BCUT2D eigenvalue weighted by atomic mass is 10.2. The van der Waals surface area contributed by atoms with Crippen LogP contribution in [-0.2, 0) is 0 Å². The van der Waals surface area contributed by atoms with E-state index in [4.69, 9.17) is 5.26 Å². The van der Waals surface area contributed by atoms with Gasteiger partial charge in [0.05, 0.1) is 13.3 Å². The standard InChI is InChI=1S/C8H6F2N2O2/c1-14-5-3-12-4(2-11)7(13)6(5)8(9)10/h3,8,13H,1H3. The first-order chi connectivity index (χ1) is 6.61. The van der Waals surface area contributed by atoms with Crippen LogP contribution in [0.3, 0.4) is 0 Å². The second kappa shape index (κ2) is 3.87. The van der Waals surface area contributed by atoms with Crippen molar-refractivity contribution in [3.05, 3.63) is 17.5 Å². The highest BCUT2D eigenvalue weighted by Crippen LogP contribution is 2.36.